The lowest BCUT2D eigenvalue weighted by atomic mass is 10.2. The molecular formula is C9H10Cl2N4O. The minimum atomic E-state index is -0.625. The molecule has 1 aromatic rings. The van der Waals surface area contributed by atoms with Gasteiger partial charge >= 0.3 is 6.03 Å². The molecule has 0 fully saturated rings. The maximum Gasteiger partial charge on any atom is 0.326 e. The van der Waals surface area contributed by atoms with Gasteiger partial charge in [-0.05, 0) is 24.6 Å². The van der Waals surface area contributed by atoms with Crippen molar-refractivity contribution in [2.24, 2.45) is 5.73 Å². The third kappa shape index (κ3) is 3.29. The van der Waals surface area contributed by atoms with Crippen LogP contribution in [0.4, 0.5) is 10.5 Å². The van der Waals surface area contributed by atoms with E-state index in [4.69, 9.17) is 34.3 Å². The second-order valence-electron chi connectivity index (χ2n) is 3.07. The van der Waals surface area contributed by atoms with E-state index < -0.39 is 12.0 Å². The normalized spacial score (nSPS) is 9.69. The summed E-state index contributed by atoms with van der Waals surface area (Å²) in [5.74, 6) is -0.444. The van der Waals surface area contributed by atoms with Crippen molar-refractivity contribution < 1.29 is 4.79 Å². The van der Waals surface area contributed by atoms with Crippen molar-refractivity contribution in [1.29, 1.82) is 5.41 Å². The average molecular weight is 261 g/mol. The number of carbonyl (C=O) groups is 1. The van der Waals surface area contributed by atoms with Gasteiger partial charge in [-0.25, -0.2) is 4.79 Å². The number of rotatable bonds is 1. The number of nitrogens with one attached hydrogen (secondary N) is 3. The highest BCUT2D eigenvalue weighted by Crippen LogP contribution is 2.29. The van der Waals surface area contributed by atoms with Gasteiger partial charge in [0.15, 0.2) is 5.96 Å². The molecule has 0 atom stereocenters. The zero-order valence-electron chi connectivity index (χ0n) is 8.40. The van der Waals surface area contributed by atoms with Crippen molar-refractivity contribution in [3.05, 3.63) is 27.7 Å². The predicted octanol–water partition coefficient (Wildman–Crippen LogP) is 2.32. The largest absolute Gasteiger partial charge is 0.370 e. The average Bonchev–Trinajstić information content (AvgIpc) is 2.09. The second kappa shape index (κ2) is 5.05. The number of halogens is 2. The Labute approximate surface area is 102 Å². The number of carbonyl (C=O) groups excluding carboxylic acids is 1. The van der Waals surface area contributed by atoms with Crippen molar-refractivity contribution in [2.75, 3.05) is 5.32 Å². The van der Waals surface area contributed by atoms with Crippen LogP contribution < -0.4 is 16.4 Å². The SMILES string of the molecule is Cc1cc(Cl)cc(Cl)c1NC(=O)NC(=N)N. The summed E-state index contributed by atoms with van der Waals surface area (Å²) >= 11 is 11.7. The Bertz CT molecular complexity index is 424. The molecule has 0 saturated carbocycles. The summed E-state index contributed by atoms with van der Waals surface area (Å²) in [7, 11) is 0. The summed E-state index contributed by atoms with van der Waals surface area (Å²) in [6, 6.07) is 2.55. The first-order valence-corrected chi connectivity index (χ1v) is 5.03. The molecule has 86 valence electrons. The summed E-state index contributed by atoms with van der Waals surface area (Å²) < 4.78 is 0. The Kier molecular flexibility index (Phi) is 3.98. The van der Waals surface area contributed by atoms with Crippen molar-refractivity contribution in [1.82, 2.24) is 5.32 Å². The van der Waals surface area contributed by atoms with E-state index >= 15 is 0 Å². The number of anilines is 1. The maximum atomic E-state index is 11.3. The molecule has 0 radical (unpaired) electrons. The highest BCUT2D eigenvalue weighted by molar-refractivity contribution is 6.37. The van der Waals surface area contributed by atoms with Gasteiger partial charge in [-0.1, -0.05) is 23.2 Å². The molecule has 1 aromatic carbocycles. The Morgan fingerprint density at radius 1 is 1.44 bits per heavy atom. The van der Waals surface area contributed by atoms with Crippen molar-refractivity contribution in [2.45, 2.75) is 6.92 Å². The lowest BCUT2D eigenvalue weighted by Gasteiger charge is -2.11. The van der Waals surface area contributed by atoms with E-state index in [1.54, 1.807) is 13.0 Å². The van der Waals surface area contributed by atoms with E-state index in [-0.39, 0.29) is 0 Å². The van der Waals surface area contributed by atoms with Crippen LogP contribution in [0.15, 0.2) is 12.1 Å². The van der Waals surface area contributed by atoms with Crippen molar-refractivity contribution >= 4 is 40.9 Å². The fraction of sp³-hybridized carbons (Fsp3) is 0.111. The first-order valence-electron chi connectivity index (χ1n) is 4.28. The molecular weight excluding hydrogens is 251 g/mol. The van der Waals surface area contributed by atoms with E-state index in [1.807, 2.05) is 0 Å². The predicted molar refractivity (Wildman–Crippen MR) is 65.3 cm³/mol. The van der Waals surface area contributed by atoms with Crippen LogP contribution in [0.1, 0.15) is 5.56 Å². The van der Waals surface area contributed by atoms with Crippen LogP contribution in [0.5, 0.6) is 0 Å². The van der Waals surface area contributed by atoms with Gasteiger partial charge in [-0.15, -0.1) is 0 Å². The summed E-state index contributed by atoms with van der Waals surface area (Å²) in [6.45, 7) is 1.75. The lowest BCUT2D eigenvalue weighted by Crippen LogP contribution is -2.38. The van der Waals surface area contributed by atoms with Crippen LogP contribution in [0.3, 0.4) is 0 Å². The van der Waals surface area contributed by atoms with Crippen molar-refractivity contribution in [3.63, 3.8) is 0 Å². The molecule has 5 N–H and O–H groups in total. The van der Waals surface area contributed by atoms with Crippen LogP contribution >= 0.6 is 23.2 Å². The molecule has 7 heteroatoms. The molecule has 0 bridgehead atoms. The summed E-state index contributed by atoms with van der Waals surface area (Å²) in [5, 5.41) is 12.2. The van der Waals surface area contributed by atoms with Crippen LogP contribution in [-0.2, 0) is 0 Å². The first kappa shape index (κ1) is 12.6. The first-order chi connectivity index (χ1) is 7.40. The molecule has 0 aliphatic heterocycles. The molecule has 0 heterocycles. The second-order valence-corrected chi connectivity index (χ2v) is 3.92. The zero-order chi connectivity index (χ0) is 12.3. The molecule has 0 spiro atoms. The number of benzene rings is 1. The molecule has 2 amide bonds. The fourth-order valence-electron chi connectivity index (χ4n) is 1.13. The molecule has 0 aliphatic carbocycles. The number of urea groups is 1. The Morgan fingerprint density at radius 3 is 2.56 bits per heavy atom. The quantitative estimate of drug-likeness (QED) is 0.461. The minimum absolute atomic E-state index is 0.323. The zero-order valence-corrected chi connectivity index (χ0v) is 9.91. The molecule has 1 rings (SSSR count). The molecule has 0 saturated heterocycles. The molecule has 0 aromatic heterocycles. The van der Waals surface area contributed by atoms with E-state index in [0.29, 0.717) is 15.7 Å². The van der Waals surface area contributed by atoms with Crippen LogP contribution in [0, 0.1) is 12.3 Å². The Hall–Kier alpha value is -1.46. The van der Waals surface area contributed by atoms with Crippen molar-refractivity contribution in [3.8, 4) is 0 Å². The van der Waals surface area contributed by atoms with Crippen LogP contribution in [0.2, 0.25) is 10.0 Å². The Morgan fingerprint density at radius 2 is 2.06 bits per heavy atom. The van der Waals surface area contributed by atoms with E-state index in [9.17, 15) is 4.79 Å². The highest BCUT2D eigenvalue weighted by atomic mass is 35.5. The summed E-state index contributed by atoms with van der Waals surface area (Å²) in [6.07, 6.45) is 0. The smallest absolute Gasteiger partial charge is 0.326 e. The number of hydrogen-bond acceptors (Lipinski definition) is 2. The van der Waals surface area contributed by atoms with Gasteiger partial charge in [0, 0.05) is 5.02 Å². The number of guanidine groups is 1. The molecule has 16 heavy (non-hydrogen) atoms. The molecule has 5 nitrogen and oxygen atoms in total. The number of amides is 2. The van der Waals surface area contributed by atoms with Gasteiger partial charge in [0.05, 0.1) is 10.7 Å². The lowest BCUT2D eigenvalue weighted by molar-refractivity contribution is 0.256. The maximum absolute atomic E-state index is 11.3. The van der Waals surface area contributed by atoms with E-state index in [0.717, 1.165) is 5.56 Å². The van der Waals surface area contributed by atoms with Crippen LogP contribution in [-0.4, -0.2) is 12.0 Å². The van der Waals surface area contributed by atoms with E-state index in [1.165, 1.54) is 6.07 Å². The summed E-state index contributed by atoms with van der Waals surface area (Å²) in [5.41, 5.74) is 6.16. The van der Waals surface area contributed by atoms with Gasteiger partial charge in [0.1, 0.15) is 0 Å². The third-order valence-electron chi connectivity index (χ3n) is 1.74. The molecule has 0 unspecified atom stereocenters. The fourth-order valence-corrected chi connectivity index (χ4v) is 1.77. The van der Waals surface area contributed by atoms with Gasteiger partial charge < -0.3 is 11.1 Å². The van der Waals surface area contributed by atoms with Gasteiger partial charge in [-0.2, -0.15) is 0 Å². The van der Waals surface area contributed by atoms with Gasteiger partial charge in [-0.3, -0.25) is 10.7 Å². The minimum Gasteiger partial charge on any atom is -0.370 e. The Balaban J connectivity index is 2.89. The number of nitrogens with two attached hydrogens (primary N) is 1. The van der Waals surface area contributed by atoms with Gasteiger partial charge in [0.2, 0.25) is 0 Å². The number of hydrogen-bond donors (Lipinski definition) is 4. The standard InChI is InChI=1S/C9H10Cl2N4O/c1-4-2-5(10)3-6(11)7(4)14-9(16)15-8(12)13/h2-3H,1H3,(H5,12,13,14,15,16). The van der Waals surface area contributed by atoms with Gasteiger partial charge in [0.25, 0.3) is 0 Å². The van der Waals surface area contributed by atoms with Crippen LogP contribution in [0.25, 0.3) is 0 Å². The third-order valence-corrected chi connectivity index (χ3v) is 2.26. The van der Waals surface area contributed by atoms with E-state index in [2.05, 4.69) is 10.6 Å². The summed E-state index contributed by atoms with van der Waals surface area (Å²) in [4.78, 5) is 11.3. The highest BCUT2D eigenvalue weighted by Gasteiger charge is 2.09. The molecule has 0 aliphatic rings. The monoisotopic (exact) mass is 260 g/mol. The number of aryl methyl sites for hydroxylation is 1. The topological polar surface area (TPSA) is 91.0 Å².